The van der Waals surface area contributed by atoms with Crippen LogP contribution in [0, 0.1) is 5.92 Å². The van der Waals surface area contributed by atoms with Gasteiger partial charge in [-0.25, -0.2) is 4.98 Å². The van der Waals surface area contributed by atoms with Gasteiger partial charge in [-0.05, 0) is 49.6 Å². The molecule has 1 fully saturated rings. The highest BCUT2D eigenvalue weighted by atomic mass is 32.2. The number of H-pyrrole nitrogens is 1. The number of nitrogens with two attached hydrogens (primary N) is 1. The van der Waals surface area contributed by atoms with E-state index in [0.29, 0.717) is 12.0 Å². The van der Waals surface area contributed by atoms with E-state index in [0.717, 1.165) is 16.6 Å². The third-order valence-electron chi connectivity index (χ3n) is 4.03. The van der Waals surface area contributed by atoms with Crippen LogP contribution < -0.4 is 11.1 Å². The molecule has 2 aromatic rings. The Labute approximate surface area is 129 Å². The molecule has 2 unspecified atom stereocenters. The summed E-state index contributed by atoms with van der Waals surface area (Å²) in [7, 11) is 0. The van der Waals surface area contributed by atoms with Crippen molar-refractivity contribution in [3.63, 3.8) is 0 Å². The zero-order valence-corrected chi connectivity index (χ0v) is 12.8. The van der Waals surface area contributed by atoms with Crippen LogP contribution in [0.15, 0.2) is 40.6 Å². The van der Waals surface area contributed by atoms with Gasteiger partial charge in [-0.3, -0.25) is 5.10 Å². The summed E-state index contributed by atoms with van der Waals surface area (Å²) < 4.78 is 0. The molecule has 6 heteroatoms. The fourth-order valence-corrected chi connectivity index (χ4v) is 3.56. The number of hydrogen-bond donors (Lipinski definition) is 3. The van der Waals surface area contributed by atoms with Gasteiger partial charge in [-0.1, -0.05) is 24.6 Å². The van der Waals surface area contributed by atoms with Gasteiger partial charge >= 0.3 is 0 Å². The first-order valence-corrected chi connectivity index (χ1v) is 8.26. The monoisotopic (exact) mass is 303 g/mol. The quantitative estimate of drug-likeness (QED) is 0.791. The average Bonchev–Trinajstić information content (AvgIpc) is 3.03. The molecule has 112 valence electrons. The first-order chi connectivity index (χ1) is 10.3. The Hall–Kier alpha value is -1.53. The topological polar surface area (TPSA) is 79.6 Å². The first-order valence-electron chi connectivity index (χ1n) is 7.45. The second kappa shape index (κ2) is 6.95. The highest BCUT2D eigenvalue weighted by molar-refractivity contribution is 7.99. The minimum atomic E-state index is 0.511. The van der Waals surface area contributed by atoms with Crippen molar-refractivity contribution < 1.29 is 0 Å². The zero-order valence-electron chi connectivity index (χ0n) is 12.0. The highest BCUT2D eigenvalue weighted by Crippen LogP contribution is 2.28. The van der Waals surface area contributed by atoms with Crippen LogP contribution in [0.3, 0.4) is 0 Å². The molecule has 1 aliphatic rings. The molecule has 1 saturated carbocycles. The third-order valence-corrected chi connectivity index (χ3v) is 4.92. The van der Waals surface area contributed by atoms with E-state index in [1.807, 2.05) is 0 Å². The number of hydrogen-bond acceptors (Lipinski definition) is 5. The minimum absolute atomic E-state index is 0.511. The molecule has 1 heterocycles. The largest absolute Gasteiger partial charge is 0.382 e. The third kappa shape index (κ3) is 3.77. The number of aromatic amines is 1. The predicted molar refractivity (Wildman–Crippen MR) is 85.4 cm³/mol. The van der Waals surface area contributed by atoms with E-state index in [4.69, 9.17) is 5.73 Å². The van der Waals surface area contributed by atoms with Crippen molar-refractivity contribution in [3.05, 3.63) is 30.6 Å². The second-order valence-corrected chi connectivity index (χ2v) is 6.51. The number of nitrogens with zero attached hydrogens (tertiary/aromatic N) is 2. The summed E-state index contributed by atoms with van der Waals surface area (Å²) in [6, 6.07) is 8.98. The van der Waals surface area contributed by atoms with E-state index < -0.39 is 0 Å². The normalized spacial score (nSPS) is 22.1. The van der Waals surface area contributed by atoms with Crippen molar-refractivity contribution in [2.24, 2.45) is 11.7 Å². The Morgan fingerprint density at radius 1 is 1.24 bits per heavy atom. The molecule has 0 saturated heterocycles. The molecule has 0 bridgehead atoms. The van der Waals surface area contributed by atoms with Crippen molar-refractivity contribution in [1.29, 1.82) is 0 Å². The molecule has 0 radical (unpaired) electrons. The minimum Gasteiger partial charge on any atom is -0.382 e. The van der Waals surface area contributed by atoms with Crippen molar-refractivity contribution in [1.82, 2.24) is 15.2 Å². The Morgan fingerprint density at radius 2 is 2.05 bits per heavy atom. The summed E-state index contributed by atoms with van der Waals surface area (Å²) in [4.78, 5) is 5.26. The Kier molecular flexibility index (Phi) is 4.77. The summed E-state index contributed by atoms with van der Waals surface area (Å²) in [5.41, 5.74) is 7.06. The van der Waals surface area contributed by atoms with Crippen molar-refractivity contribution in [2.75, 3.05) is 11.9 Å². The van der Waals surface area contributed by atoms with Gasteiger partial charge in [0, 0.05) is 16.6 Å². The molecule has 2 atom stereocenters. The van der Waals surface area contributed by atoms with Gasteiger partial charge < -0.3 is 11.1 Å². The SMILES string of the molecule is NCC1CCCCC1Nc1ccc(Sc2ncn[nH]2)cc1. The summed E-state index contributed by atoms with van der Waals surface area (Å²) >= 11 is 1.58. The number of nitrogens with one attached hydrogen (secondary N) is 2. The van der Waals surface area contributed by atoms with E-state index >= 15 is 0 Å². The summed E-state index contributed by atoms with van der Waals surface area (Å²) in [6.45, 7) is 0.775. The summed E-state index contributed by atoms with van der Waals surface area (Å²) in [5.74, 6) is 0.599. The molecule has 5 nitrogen and oxygen atoms in total. The molecule has 21 heavy (non-hydrogen) atoms. The molecular weight excluding hydrogens is 282 g/mol. The predicted octanol–water partition coefficient (Wildman–Crippen LogP) is 2.89. The van der Waals surface area contributed by atoms with E-state index in [1.54, 1.807) is 11.8 Å². The zero-order chi connectivity index (χ0) is 14.5. The maximum absolute atomic E-state index is 5.89. The number of aromatic nitrogens is 3. The van der Waals surface area contributed by atoms with Crippen LogP contribution in [-0.2, 0) is 0 Å². The van der Waals surface area contributed by atoms with Crippen molar-refractivity contribution >= 4 is 17.4 Å². The lowest BCUT2D eigenvalue weighted by molar-refractivity contribution is 0.332. The van der Waals surface area contributed by atoms with Crippen LogP contribution in [0.1, 0.15) is 25.7 Å². The van der Waals surface area contributed by atoms with Gasteiger partial charge in [0.1, 0.15) is 6.33 Å². The van der Waals surface area contributed by atoms with Gasteiger partial charge in [0.25, 0.3) is 0 Å². The van der Waals surface area contributed by atoms with Gasteiger partial charge in [-0.2, -0.15) is 5.10 Å². The first kappa shape index (κ1) is 14.4. The fraction of sp³-hybridized carbons (Fsp3) is 0.467. The number of anilines is 1. The van der Waals surface area contributed by atoms with E-state index in [-0.39, 0.29) is 0 Å². The lowest BCUT2D eigenvalue weighted by atomic mass is 9.84. The lowest BCUT2D eigenvalue weighted by Gasteiger charge is -2.32. The van der Waals surface area contributed by atoms with Crippen LogP contribution in [0.4, 0.5) is 5.69 Å². The van der Waals surface area contributed by atoms with Crippen LogP contribution in [0.25, 0.3) is 0 Å². The standard InChI is InChI=1S/C15H21N5S/c16-9-11-3-1-2-4-14(11)19-12-5-7-13(8-6-12)21-15-17-10-18-20-15/h5-8,10-11,14,19H,1-4,9,16H2,(H,17,18,20). The molecular formula is C15H21N5S. The fourth-order valence-electron chi connectivity index (χ4n) is 2.87. The number of rotatable bonds is 5. The Bertz CT molecular complexity index is 540. The molecule has 0 amide bonds. The van der Waals surface area contributed by atoms with Gasteiger partial charge in [-0.15, -0.1) is 0 Å². The second-order valence-electron chi connectivity index (χ2n) is 5.45. The highest BCUT2D eigenvalue weighted by Gasteiger charge is 2.23. The summed E-state index contributed by atoms with van der Waals surface area (Å²) in [6.07, 6.45) is 6.60. The van der Waals surface area contributed by atoms with E-state index in [1.165, 1.54) is 37.7 Å². The van der Waals surface area contributed by atoms with E-state index in [2.05, 4.69) is 44.8 Å². The van der Waals surface area contributed by atoms with E-state index in [9.17, 15) is 0 Å². The lowest BCUT2D eigenvalue weighted by Crippen LogP contribution is -2.36. The average molecular weight is 303 g/mol. The Morgan fingerprint density at radius 3 is 2.76 bits per heavy atom. The maximum atomic E-state index is 5.89. The number of benzene rings is 1. The van der Waals surface area contributed by atoms with Gasteiger partial charge in [0.2, 0.25) is 0 Å². The van der Waals surface area contributed by atoms with Gasteiger partial charge in [0.15, 0.2) is 5.16 Å². The van der Waals surface area contributed by atoms with Gasteiger partial charge in [0.05, 0.1) is 0 Å². The molecule has 3 rings (SSSR count). The van der Waals surface area contributed by atoms with Crippen LogP contribution in [0.2, 0.25) is 0 Å². The van der Waals surface area contributed by atoms with Crippen LogP contribution in [0.5, 0.6) is 0 Å². The molecule has 1 aliphatic carbocycles. The molecule has 1 aromatic carbocycles. The van der Waals surface area contributed by atoms with Crippen LogP contribution >= 0.6 is 11.8 Å². The molecule has 1 aromatic heterocycles. The molecule has 0 spiro atoms. The maximum Gasteiger partial charge on any atom is 0.188 e. The smallest absolute Gasteiger partial charge is 0.188 e. The Balaban J connectivity index is 1.61. The molecule has 4 N–H and O–H groups in total. The molecule has 0 aliphatic heterocycles. The van der Waals surface area contributed by atoms with Crippen molar-refractivity contribution in [3.8, 4) is 0 Å². The van der Waals surface area contributed by atoms with Crippen molar-refractivity contribution in [2.45, 2.75) is 41.8 Å². The summed E-state index contributed by atoms with van der Waals surface area (Å²) in [5, 5.41) is 11.2. The van der Waals surface area contributed by atoms with Crippen LogP contribution in [-0.4, -0.2) is 27.8 Å².